The Morgan fingerprint density at radius 3 is 2.79 bits per heavy atom. The van der Waals surface area contributed by atoms with E-state index in [0.717, 1.165) is 5.56 Å². The van der Waals surface area contributed by atoms with Crippen LogP contribution in [0.1, 0.15) is 24.1 Å². The molecule has 2 aromatic rings. The third-order valence-corrected chi connectivity index (χ3v) is 3.39. The number of anilines is 1. The summed E-state index contributed by atoms with van der Waals surface area (Å²) in [4.78, 5) is 6.27. The van der Waals surface area contributed by atoms with Crippen molar-refractivity contribution < 1.29 is 0 Å². The molecule has 3 nitrogen and oxygen atoms in total. The molecule has 0 aliphatic rings. The third-order valence-electron chi connectivity index (χ3n) is 3.15. The SMILES string of the molecule is CC(c1cccc(Cl)c1)N(C)c1ncccc1C#N. The highest BCUT2D eigenvalue weighted by Crippen LogP contribution is 2.27. The molecule has 4 heteroatoms. The van der Waals surface area contributed by atoms with Gasteiger partial charge in [-0.25, -0.2) is 4.98 Å². The maximum Gasteiger partial charge on any atom is 0.146 e. The number of halogens is 1. The summed E-state index contributed by atoms with van der Waals surface area (Å²) in [6.07, 6.45) is 1.69. The molecule has 0 aliphatic heterocycles. The van der Waals surface area contributed by atoms with E-state index in [1.165, 1.54) is 0 Å². The van der Waals surface area contributed by atoms with Crippen molar-refractivity contribution in [2.75, 3.05) is 11.9 Å². The van der Waals surface area contributed by atoms with Gasteiger partial charge in [0.1, 0.15) is 11.9 Å². The van der Waals surface area contributed by atoms with Gasteiger partial charge in [-0.2, -0.15) is 5.26 Å². The second-order valence-corrected chi connectivity index (χ2v) is 4.76. The first-order valence-corrected chi connectivity index (χ1v) is 6.34. The molecule has 1 aromatic heterocycles. The van der Waals surface area contributed by atoms with E-state index in [1.54, 1.807) is 18.3 Å². The van der Waals surface area contributed by atoms with Gasteiger partial charge in [-0.3, -0.25) is 0 Å². The Hall–Kier alpha value is -2.05. The molecule has 0 aliphatic carbocycles. The number of pyridine rings is 1. The minimum Gasteiger partial charge on any atom is -0.352 e. The van der Waals surface area contributed by atoms with Crippen LogP contribution in [0, 0.1) is 11.3 Å². The normalized spacial score (nSPS) is 11.7. The summed E-state index contributed by atoms with van der Waals surface area (Å²) in [6, 6.07) is 13.5. The molecule has 0 saturated heterocycles. The van der Waals surface area contributed by atoms with E-state index in [2.05, 4.69) is 18.0 Å². The van der Waals surface area contributed by atoms with Crippen molar-refractivity contribution in [3.8, 4) is 6.07 Å². The molecule has 1 heterocycles. The van der Waals surface area contributed by atoms with E-state index in [9.17, 15) is 0 Å². The highest BCUT2D eigenvalue weighted by atomic mass is 35.5. The Balaban J connectivity index is 2.34. The maximum absolute atomic E-state index is 9.13. The van der Waals surface area contributed by atoms with Crippen molar-refractivity contribution in [1.29, 1.82) is 5.26 Å². The Bertz CT molecular complexity index is 619. The molecule has 0 spiro atoms. The molecule has 1 unspecified atom stereocenters. The van der Waals surface area contributed by atoms with Crippen LogP contribution in [0.25, 0.3) is 0 Å². The molecule has 96 valence electrons. The zero-order valence-corrected chi connectivity index (χ0v) is 11.6. The van der Waals surface area contributed by atoms with E-state index >= 15 is 0 Å². The second-order valence-electron chi connectivity index (χ2n) is 4.33. The van der Waals surface area contributed by atoms with Gasteiger partial charge in [0.25, 0.3) is 0 Å². The minimum atomic E-state index is 0.0840. The molecule has 0 radical (unpaired) electrons. The molecule has 0 saturated carbocycles. The van der Waals surface area contributed by atoms with Crippen molar-refractivity contribution in [3.63, 3.8) is 0 Å². The zero-order valence-electron chi connectivity index (χ0n) is 10.8. The number of nitriles is 1. The summed E-state index contributed by atoms with van der Waals surface area (Å²) in [5.41, 5.74) is 1.66. The summed E-state index contributed by atoms with van der Waals surface area (Å²) < 4.78 is 0. The van der Waals surface area contributed by atoms with Gasteiger partial charge in [0.2, 0.25) is 0 Å². The van der Waals surface area contributed by atoms with Gasteiger partial charge >= 0.3 is 0 Å². The van der Waals surface area contributed by atoms with E-state index in [1.807, 2.05) is 36.2 Å². The first-order chi connectivity index (χ1) is 9.13. The Labute approximate surface area is 118 Å². The fraction of sp³-hybridized carbons (Fsp3) is 0.200. The predicted molar refractivity (Wildman–Crippen MR) is 77.2 cm³/mol. The van der Waals surface area contributed by atoms with E-state index < -0.39 is 0 Å². The zero-order chi connectivity index (χ0) is 13.8. The van der Waals surface area contributed by atoms with E-state index in [-0.39, 0.29) is 6.04 Å². The monoisotopic (exact) mass is 271 g/mol. The fourth-order valence-corrected chi connectivity index (χ4v) is 2.14. The van der Waals surface area contributed by atoms with Crippen molar-refractivity contribution >= 4 is 17.4 Å². The lowest BCUT2D eigenvalue weighted by atomic mass is 10.1. The molecule has 0 bridgehead atoms. The number of nitrogens with zero attached hydrogens (tertiary/aromatic N) is 3. The number of hydrogen-bond acceptors (Lipinski definition) is 3. The summed E-state index contributed by atoms with van der Waals surface area (Å²) >= 11 is 6.01. The minimum absolute atomic E-state index is 0.0840. The molecule has 19 heavy (non-hydrogen) atoms. The predicted octanol–water partition coefficient (Wildman–Crippen LogP) is 3.80. The number of rotatable bonds is 3. The summed E-state index contributed by atoms with van der Waals surface area (Å²) in [5.74, 6) is 0.678. The van der Waals surface area contributed by atoms with Crippen LogP contribution >= 0.6 is 11.6 Å². The first-order valence-electron chi connectivity index (χ1n) is 5.97. The standard InChI is InChI=1S/C15H14ClN3/c1-11(12-5-3-7-14(16)9-12)19(2)15-13(10-17)6-4-8-18-15/h3-9,11H,1-2H3. The lowest BCUT2D eigenvalue weighted by Gasteiger charge is -2.27. The summed E-state index contributed by atoms with van der Waals surface area (Å²) in [5, 5.41) is 9.83. The fourth-order valence-electron chi connectivity index (χ4n) is 1.94. The van der Waals surface area contributed by atoms with Crippen molar-refractivity contribution in [2.24, 2.45) is 0 Å². The summed E-state index contributed by atoms with van der Waals surface area (Å²) in [7, 11) is 1.93. The quantitative estimate of drug-likeness (QED) is 0.852. The molecular formula is C15H14ClN3. The Morgan fingerprint density at radius 2 is 2.11 bits per heavy atom. The van der Waals surface area contributed by atoms with Crippen LogP contribution in [-0.4, -0.2) is 12.0 Å². The van der Waals surface area contributed by atoms with Gasteiger partial charge in [0, 0.05) is 18.3 Å². The third kappa shape index (κ3) is 2.86. The number of hydrogen-bond donors (Lipinski definition) is 0. The van der Waals surface area contributed by atoms with Crippen LogP contribution in [0.4, 0.5) is 5.82 Å². The number of benzene rings is 1. The average Bonchev–Trinajstić information content (AvgIpc) is 2.45. The second kappa shape index (κ2) is 5.73. The van der Waals surface area contributed by atoms with Crippen molar-refractivity contribution in [2.45, 2.75) is 13.0 Å². The van der Waals surface area contributed by atoms with Crippen LogP contribution in [0.5, 0.6) is 0 Å². The maximum atomic E-state index is 9.13. The van der Waals surface area contributed by atoms with Crippen LogP contribution in [0.3, 0.4) is 0 Å². The topological polar surface area (TPSA) is 39.9 Å². The number of aromatic nitrogens is 1. The lowest BCUT2D eigenvalue weighted by Crippen LogP contribution is -2.23. The van der Waals surface area contributed by atoms with Gasteiger partial charge < -0.3 is 4.90 Å². The molecule has 2 rings (SSSR count). The van der Waals surface area contributed by atoms with Crippen molar-refractivity contribution in [3.05, 3.63) is 58.7 Å². The largest absolute Gasteiger partial charge is 0.352 e. The molecule has 0 fully saturated rings. The molecular weight excluding hydrogens is 258 g/mol. The smallest absolute Gasteiger partial charge is 0.146 e. The van der Waals surface area contributed by atoms with Gasteiger partial charge in [-0.15, -0.1) is 0 Å². The van der Waals surface area contributed by atoms with Crippen molar-refractivity contribution in [1.82, 2.24) is 4.98 Å². The highest BCUT2D eigenvalue weighted by molar-refractivity contribution is 6.30. The Morgan fingerprint density at radius 1 is 1.32 bits per heavy atom. The van der Waals surface area contributed by atoms with Crippen LogP contribution in [0.15, 0.2) is 42.6 Å². The van der Waals surface area contributed by atoms with Crippen LogP contribution in [0.2, 0.25) is 5.02 Å². The first kappa shape index (κ1) is 13.4. The van der Waals surface area contributed by atoms with Crippen LogP contribution < -0.4 is 4.90 Å². The van der Waals surface area contributed by atoms with Gasteiger partial charge in [-0.05, 0) is 36.8 Å². The Kier molecular flexibility index (Phi) is 4.03. The van der Waals surface area contributed by atoms with E-state index in [4.69, 9.17) is 16.9 Å². The lowest BCUT2D eigenvalue weighted by molar-refractivity contribution is 0.728. The average molecular weight is 272 g/mol. The molecule has 0 N–H and O–H groups in total. The summed E-state index contributed by atoms with van der Waals surface area (Å²) in [6.45, 7) is 2.06. The van der Waals surface area contributed by atoms with Gasteiger partial charge in [0.15, 0.2) is 0 Å². The van der Waals surface area contributed by atoms with E-state index in [0.29, 0.717) is 16.4 Å². The van der Waals surface area contributed by atoms with Crippen LogP contribution in [-0.2, 0) is 0 Å². The molecule has 1 atom stereocenters. The van der Waals surface area contributed by atoms with Gasteiger partial charge in [-0.1, -0.05) is 23.7 Å². The highest BCUT2D eigenvalue weighted by Gasteiger charge is 2.16. The molecule has 1 aromatic carbocycles. The molecule has 0 amide bonds. The van der Waals surface area contributed by atoms with Gasteiger partial charge in [0.05, 0.1) is 11.6 Å².